The van der Waals surface area contributed by atoms with Crippen molar-refractivity contribution in [1.82, 2.24) is 4.90 Å². The van der Waals surface area contributed by atoms with E-state index >= 15 is 0 Å². The SMILES string of the molecule is CC(C)C(S)C(=O)N1CCSCC1C. The third kappa shape index (κ3) is 2.83. The van der Waals surface area contributed by atoms with Gasteiger partial charge in [0.2, 0.25) is 5.91 Å². The van der Waals surface area contributed by atoms with Crippen LogP contribution in [0.5, 0.6) is 0 Å². The van der Waals surface area contributed by atoms with E-state index in [0.717, 1.165) is 18.1 Å². The van der Waals surface area contributed by atoms with Crippen LogP contribution in [0.2, 0.25) is 0 Å². The fourth-order valence-electron chi connectivity index (χ4n) is 1.51. The molecule has 0 radical (unpaired) electrons. The molecule has 1 aliphatic heterocycles. The zero-order valence-electron chi connectivity index (χ0n) is 9.06. The van der Waals surface area contributed by atoms with Crippen LogP contribution in [0.1, 0.15) is 20.8 Å². The van der Waals surface area contributed by atoms with Crippen molar-refractivity contribution < 1.29 is 4.79 Å². The molecule has 1 heterocycles. The Labute approximate surface area is 96.2 Å². The van der Waals surface area contributed by atoms with Crippen molar-refractivity contribution in [3.8, 4) is 0 Å². The van der Waals surface area contributed by atoms with Crippen LogP contribution < -0.4 is 0 Å². The molecule has 4 heteroatoms. The van der Waals surface area contributed by atoms with Crippen LogP contribution in [0.15, 0.2) is 0 Å². The molecule has 0 spiro atoms. The second-order valence-electron chi connectivity index (χ2n) is 4.14. The lowest BCUT2D eigenvalue weighted by Crippen LogP contribution is -2.48. The Bertz CT molecular complexity index is 208. The standard InChI is InChI=1S/C10H19NOS2/c1-7(2)9(13)10(12)11-4-5-14-6-8(11)3/h7-9,13H,4-6H2,1-3H3. The van der Waals surface area contributed by atoms with Gasteiger partial charge in [0, 0.05) is 24.1 Å². The lowest BCUT2D eigenvalue weighted by molar-refractivity contribution is -0.132. The summed E-state index contributed by atoms with van der Waals surface area (Å²) in [6, 6.07) is 0.370. The van der Waals surface area contributed by atoms with Crippen molar-refractivity contribution in [2.24, 2.45) is 5.92 Å². The molecule has 0 aromatic rings. The van der Waals surface area contributed by atoms with Crippen molar-refractivity contribution >= 4 is 30.3 Å². The molecule has 1 aliphatic rings. The van der Waals surface area contributed by atoms with Gasteiger partial charge in [0.15, 0.2) is 0 Å². The highest BCUT2D eigenvalue weighted by Gasteiger charge is 2.28. The average Bonchev–Trinajstić information content (AvgIpc) is 2.16. The number of thiol groups is 1. The number of nitrogens with zero attached hydrogens (tertiary/aromatic N) is 1. The summed E-state index contributed by atoms with van der Waals surface area (Å²) in [7, 11) is 0. The van der Waals surface area contributed by atoms with E-state index in [1.165, 1.54) is 0 Å². The van der Waals surface area contributed by atoms with Crippen LogP contribution in [-0.4, -0.2) is 40.1 Å². The highest BCUT2D eigenvalue weighted by molar-refractivity contribution is 7.99. The Morgan fingerprint density at radius 3 is 2.71 bits per heavy atom. The van der Waals surface area contributed by atoms with Crippen molar-refractivity contribution in [3.63, 3.8) is 0 Å². The fourth-order valence-corrected chi connectivity index (χ4v) is 2.67. The molecule has 1 amide bonds. The molecular formula is C10H19NOS2. The Balaban J connectivity index is 2.58. The van der Waals surface area contributed by atoms with Gasteiger partial charge in [-0.25, -0.2) is 0 Å². The first-order valence-electron chi connectivity index (χ1n) is 5.10. The summed E-state index contributed by atoms with van der Waals surface area (Å²) in [5.41, 5.74) is 0. The van der Waals surface area contributed by atoms with Crippen molar-refractivity contribution in [2.45, 2.75) is 32.1 Å². The second kappa shape index (κ2) is 5.31. The van der Waals surface area contributed by atoms with Gasteiger partial charge in [0.25, 0.3) is 0 Å². The van der Waals surface area contributed by atoms with Gasteiger partial charge in [0.1, 0.15) is 0 Å². The molecule has 82 valence electrons. The van der Waals surface area contributed by atoms with Gasteiger partial charge in [-0.1, -0.05) is 13.8 Å². The van der Waals surface area contributed by atoms with Crippen LogP contribution in [-0.2, 0) is 4.79 Å². The van der Waals surface area contributed by atoms with Crippen LogP contribution in [0.3, 0.4) is 0 Å². The van der Waals surface area contributed by atoms with E-state index in [1.54, 1.807) is 0 Å². The summed E-state index contributed by atoms with van der Waals surface area (Å²) in [5, 5.41) is -0.138. The van der Waals surface area contributed by atoms with E-state index in [0.29, 0.717) is 12.0 Å². The predicted octanol–water partition coefficient (Wildman–Crippen LogP) is 1.90. The number of hydrogen-bond donors (Lipinski definition) is 1. The van der Waals surface area contributed by atoms with Gasteiger partial charge in [-0.15, -0.1) is 0 Å². The number of rotatable bonds is 2. The maximum absolute atomic E-state index is 12.0. The number of carbonyl (C=O) groups excluding carboxylic acids is 1. The number of thioether (sulfide) groups is 1. The van der Waals surface area contributed by atoms with Gasteiger partial charge < -0.3 is 4.90 Å². The molecule has 0 aliphatic carbocycles. The first-order chi connectivity index (χ1) is 6.54. The molecular weight excluding hydrogens is 214 g/mol. The molecule has 14 heavy (non-hydrogen) atoms. The summed E-state index contributed by atoms with van der Waals surface area (Å²) in [5.74, 6) is 2.64. The highest BCUT2D eigenvalue weighted by atomic mass is 32.2. The first kappa shape index (κ1) is 12.2. The molecule has 1 saturated heterocycles. The third-order valence-corrected chi connectivity index (χ3v) is 4.54. The van der Waals surface area contributed by atoms with Gasteiger partial charge >= 0.3 is 0 Å². The highest BCUT2D eigenvalue weighted by Crippen LogP contribution is 2.20. The summed E-state index contributed by atoms with van der Waals surface area (Å²) >= 11 is 6.30. The Hall–Kier alpha value is 0.170. The van der Waals surface area contributed by atoms with E-state index in [9.17, 15) is 4.79 Å². The second-order valence-corrected chi connectivity index (χ2v) is 5.85. The Morgan fingerprint density at radius 2 is 2.21 bits per heavy atom. The zero-order valence-corrected chi connectivity index (χ0v) is 10.8. The van der Waals surface area contributed by atoms with E-state index in [2.05, 4.69) is 19.6 Å². The van der Waals surface area contributed by atoms with E-state index in [4.69, 9.17) is 0 Å². The first-order valence-corrected chi connectivity index (χ1v) is 6.77. The molecule has 1 fully saturated rings. The number of amides is 1. The predicted molar refractivity (Wildman–Crippen MR) is 66.1 cm³/mol. The summed E-state index contributed by atoms with van der Waals surface area (Å²) in [4.78, 5) is 14.0. The van der Waals surface area contributed by atoms with Crippen molar-refractivity contribution in [1.29, 1.82) is 0 Å². The molecule has 2 nitrogen and oxygen atoms in total. The maximum atomic E-state index is 12.0. The average molecular weight is 233 g/mol. The number of carbonyl (C=O) groups is 1. The molecule has 0 N–H and O–H groups in total. The molecule has 0 saturated carbocycles. The molecule has 2 unspecified atom stereocenters. The smallest absolute Gasteiger partial charge is 0.235 e. The molecule has 0 aromatic heterocycles. The monoisotopic (exact) mass is 233 g/mol. The summed E-state index contributed by atoms with van der Waals surface area (Å²) < 4.78 is 0. The topological polar surface area (TPSA) is 20.3 Å². The van der Waals surface area contributed by atoms with Crippen molar-refractivity contribution in [3.05, 3.63) is 0 Å². The van der Waals surface area contributed by atoms with E-state index < -0.39 is 0 Å². The third-order valence-electron chi connectivity index (χ3n) is 2.54. The minimum atomic E-state index is -0.138. The molecule has 0 bridgehead atoms. The van der Waals surface area contributed by atoms with Crippen LogP contribution in [0.25, 0.3) is 0 Å². The zero-order chi connectivity index (χ0) is 10.7. The van der Waals surface area contributed by atoms with Crippen LogP contribution in [0, 0.1) is 5.92 Å². The minimum absolute atomic E-state index is 0.138. The van der Waals surface area contributed by atoms with Crippen LogP contribution >= 0.6 is 24.4 Å². The van der Waals surface area contributed by atoms with Gasteiger partial charge in [-0.2, -0.15) is 24.4 Å². The van der Waals surface area contributed by atoms with Gasteiger partial charge in [0.05, 0.1) is 5.25 Å². The summed E-state index contributed by atoms with van der Waals surface area (Å²) in [6.07, 6.45) is 0. The number of hydrogen-bond acceptors (Lipinski definition) is 3. The van der Waals surface area contributed by atoms with Crippen molar-refractivity contribution in [2.75, 3.05) is 18.1 Å². The molecule has 1 rings (SSSR count). The Morgan fingerprint density at radius 1 is 1.57 bits per heavy atom. The maximum Gasteiger partial charge on any atom is 0.235 e. The molecule has 2 atom stereocenters. The Kier molecular flexibility index (Phi) is 4.64. The van der Waals surface area contributed by atoms with E-state index in [-0.39, 0.29) is 11.2 Å². The van der Waals surface area contributed by atoms with Gasteiger partial charge in [-0.3, -0.25) is 4.79 Å². The minimum Gasteiger partial charge on any atom is -0.337 e. The van der Waals surface area contributed by atoms with Gasteiger partial charge in [-0.05, 0) is 12.8 Å². The lowest BCUT2D eigenvalue weighted by Gasteiger charge is -2.35. The summed E-state index contributed by atoms with van der Waals surface area (Å²) in [6.45, 7) is 7.08. The largest absolute Gasteiger partial charge is 0.337 e. The van der Waals surface area contributed by atoms with Crippen LogP contribution in [0.4, 0.5) is 0 Å². The quantitative estimate of drug-likeness (QED) is 0.735. The fraction of sp³-hybridized carbons (Fsp3) is 0.900. The van der Waals surface area contributed by atoms with E-state index in [1.807, 2.05) is 30.5 Å². The normalized spacial score (nSPS) is 25.2. The lowest BCUT2D eigenvalue weighted by atomic mass is 10.1. The molecule has 0 aromatic carbocycles.